The number of fused-ring (bicyclic) bond motifs is 1. The molecule has 10 heteroatoms. The number of benzene rings is 2. The topological polar surface area (TPSA) is 106 Å². The maximum absolute atomic E-state index is 12.5. The molecule has 3 aromatic heterocycles. The molecular weight excluding hydrogens is 563 g/mol. The summed E-state index contributed by atoms with van der Waals surface area (Å²) in [6, 6.07) is 21.6. The highest BCUT2D eigenvalue weighted by atomic mass is 35.5. The number of hydrogen-bond acceptors (Lipinski definition) is 5. The fourth-order valence-electron chi connectivity index (χ4n) is 4.24. The summed E-state index contributed by atoms with van der Waals surface area (Å²) in [6.07, 6.45) is 4.60. The van der Waals surface area contributed by atoms with E-state index >= 15 is 0 Å². The number of pyridine rings is 2. The summed E-state index contributed by atoms with van der Waals surface area (Å²) < 4.78 is 8.01. The molecule has 3 heterocycles. The second-order valence-electron chi connectivity index (χ2n) is 9.10. The van der Waals surface area contributed by atoms with E-state index in [1.54, 1.807) is 18.2 Å². The summed E-state index contributed by atoms with van der Waals surface area (Å²) in [4.78, 5) is 32.2. The maximum atomic E-state index is 12.5. The quantitative estimate of drug-likeness (QED) is 0.187. The van der Waals surface area contributed by atoms with Crippen LogP contribution in [0.2, 0.25) is 10.0 Å². The Balaban J connectivity index is 1.31. The van der Waals surface area contributed by atoms with Crippen molar-refractivity contribution in [1.29, 1.82) is 0 Å². The number of nitrogens with zero attached hydrogens (tertiary/aromatic N) is 3. The third-order valence-corrected chi connectivity index (χ3v) is 7.07. The molecule has 41 heavy (non-hydrogen) atoms. The molecule has 5 aromatic rings. The molecule has 0 aliphatic rings. The Morgan fingerprint density at radius 3 is 2.66 bits per heavy atom. The summed E-state index contributed by atoms with van der Waals surface area (Å²) in [5.74, 6) is -0.872. The number of aryl methyl sites for hydroxylation is 1. The van der Waals surface area contributed by atoms with Gasteiger partial charge >= 0.3 is 5.97 Å². The third-order valence-electron chi connectivity index (χ3n) is 6.29. The first kappa shape index (κ1) is 27.9. The van der Waals surface area contributed by atoms with E-state index in [0.29, 0.717) is 32.7 Å². The number of ether oxygens (including phenoxy) is 1. The first-order valence-electron chi connectivity index (χ1n) is 12.6. The Kier molecular flexibility index (Phi) is 8.33. The van der Waals surface area contributed by atoms with E-state index in [1.165, 1.54) is 18.2 Å². The lowest BCUT2D eigenvalue weighted by molar-refractivity contribution is -0.116. The van der Waals surface area contributed by atoms with E-state index in [4.69, 9.17) is 33.0 Å². The Hall–Kier alpha value is -4.66. The Morgan fingerprint density at radius 1 is 1.00 bits per heavy atom. The van der Waals surface area contributed by atoms with Crippen LogP contribution in [-0.2, 0) is 17.9 Å². The summed E-state index contributed by atoms with van der Waals surface area (Å²) in [7, 11) is 0. The number of nitrogens with one attached hydrogen (secondary N) is 1. The van der Waals surface area contributed by atoms with Crippen LogP contribution < -0.4 is 10.1 Å². The number of aromatic nitrogens is 3. The number of carbonyl (C=O) groups is 2. The van der Waals surface area contributed by atoms with Crippen molar-refractivity contribution in [2.24, 2.45) is 0 Å². The lowest BCUT2D eigenvalue weighted by atomic mass is 10.1. The van der Waals surface area contributed by atoms with Crippen molar-refractivity contribution in [3.05, 3.63) is 123 Å². The zero-order chi connectivity index (χ0) is 28.9. The molecule has 0 spiro atoms. The molecule has 0 unspecified atom stereocenters. The molecule has 0 saturated heterocycles. The molecule has 0 aliphatic carbocycles. The zero-order valence-corrected chi connectivity index (χ0v) is 23.4. The van der Waals surface area contributed by atoms with Gasteiger partial charge in [0.1, 0.15) is 23.6 Å². The number of carboxylic acids is 1. The van der Waals surface area contributed by atoms with Crippen LogP contribution in [0.25, 0.3) is 22.7 Å². The second kappa shape index (κ2) is 12.2. The van der Waals surface area contributed by atoms with Crippen molar-refractivity contribution < 1.29 is 19.4 Å². The Morgan fingerprint density at radius 2 is 1.83 bits per heavy atom. The molecule has 0 aliphatic heterocycles. The van der Waals surface area contributed by atoms with Crippen LogP contribution in [0.5, 0.6) is 5.75 Å². The smallest absolute Gasteiger partial charge is 0.354 e. The number of carboxylic acid groups (broad SMARTS) is 1. The molecule has 5 rings (SSSR count). The van der Waals surface area contributed by atoms with E-state index in [0.717, 1.165) is 22.3 Å². The van der Waals surface area contributed by atoms with Gasteiger partial charge in [-0.15, -0.1) is 0 Å². The zero-order valence-electron chi connectivity index (χ0n) is 21.8. The predicted octanol–water partition coefficient (Wildman–Crippen LogP) is 6.64. The lowest BCUT2D eigenvalue weighted by Gasteiger charge is -2.16. The van der Waals surface area contributed by atoms with Gasteiger partial charge < -0.3 is 19.7 Å². The minimum absolute atomic E-state index is 0.0983. The normalized spacial score (nSPS) is 11.2. The van der Waals surface area contributed by atoms with Gasteiger partial charge in [-0.05, 0) is 61.5 Å². The van der Waals surface area contributed by atoms with Gasteiger partial charge in [0.05, 0.1) is 22.9 Å². The third kappa shape index (κ3) is 6.40. The van der Waals surface area contributed by atoms with Crippen molar-refractivity contribution in [3.8, 4) is 11.4 Å². The lowest BCUT2D eigenvalue weighted by Crippen LogP contribution is -2.21. The predicted molar refractivity (Wildman–Crippen MR) is 159 cm³/mol. The molecule has 1 amide bonds. The molecule has 0 radical (unpaired) electrons. The van der Waals surface area contributed by atoms with E-state index in [-0.39, 0.29) is 24.8 Å². The minimum Gasteiger partial charge on any atom is -0.487 e. The molecule has 8 nitrogen and oxygen atoms in total. The number of para-hydroxylation sites is 1. The van der Waals surface area contributed by atoms with Crippen LogP contribution in [0, 0.1) is 6.92 Å². The standard InChI is InChI=1S/C31H24Cl2N4O4/c1-19-10-11-20-5-2-9-27(30(20)35-19)41-18-23-24(32)13-14-26(29(23)33)37-16-4-7-22(37)17-34-28(38)15-12-21-6-3-8-25(36-21)31(39)40/h2-16H,17-18H2,1H3,(H,34,38)(H,39,40). The SMILES string of the molecule is Cc1ccc2cccc(OCc3c(Cl)ccc(-n4cccc4CNC(=O)C=Cc4cccc(C(=O)O)n4)c3Cl)c2n1. The van der Waals surface area contributed by atoms with Crippen LogP contribution in [0.4, 0.5) is 0 Å². The summed E-state index contributed by atoms with van der Waals surface area (Å²) in [5, 5.41) is 13.8. The monoisotopic (exact) mass is 586 g/mol. The molecule has 0 bridgehead atoms. The summed E-state index contributed by atoms with van der Waals surface area (Å²) in [6.45, 7) is 2.28. The first-order chi connectivity index (χ1) is 19.8. The molecular formula is C31H24Cl2N4O4. The number of amides is 1. The van der Waals surface area contributed by atoms with Crippen molar-refractivity contribution in [3.63, 3.8) is 0 Å². The summed E-state index contributed by atoms with van der Waals surface area (Å²) >= 11 is 13.4. The Labute approximate surface area is 245 Å². The van der Waals surface area contributed by atoms with Gasteiger partial charge in [0.15, 0.2) is 0 Å². The van der Waals surface area contributed by atoms with Crippen molar-refractivity contribution in [2.75, 3.05) is 0 Å². The van der Waals surface area contributed by atoms with Crippen LogP contribution in [0.15, 0.2) is 85.1 Å². The maximum Gasteiger partial charge on any atom is 0.354 e. The second-order valence-corrected chi connectivity index (χ2v) is 9.89. The van der Waals surface area contributed by atoms with Crippen molar-refractivity contribution >= 4 is 52.1 Å². The number of halogens is 2. The van der Waals surface area contributed by atoms with E-state index in [2.05, 4.69) is 15.3 Å². The van der Waals surface area contributed by atoms with Crippen molar-refractivity contribution in [1.82, 2.24) is 19.9 Å². The van der Waals surface area contributed by atoms with Gasteiger partial charge in [0.25, 0.3) is 0 Å². The number of aromatic carboxylic acids is 1. The van der Waals surface area contributed by atoms with Gasteiger partial charge in [-0.1, -0.05) is 47.5 Å². The average Bonchev–Trinajstić information content (AvgIpc) is 3.43. The molecule has 0 fully saturated rings. The van der Waals surface area contributed by atoms with E-state index in [1.807, 2.05) is 66.2 Å². The number of hydrogen-bond donors (Lipinski definition) is 2. The fraction of sp³-hybridized carbons (Fsp3) is 0.0968. The van der Waals surface area contributed by atoms with E-state index < -0.39 is 5.97 Å². The fourth-order valence-corrected chi connectivity index (χ4v) is 4.81. The molecule has 0 atom stereocenters. The minimum atomic E-state index is -1.14. The van der Waals surface area contributed by atoms with E-state index in [9.17, 15) is 9.59 Å². The highest BCUT2D eigenvalue weighted by Crippen LogP contribution is 2.33. The van der Waals surface area contributed by atoms with Gasteiger partial charge in [0, 0.05) is 39.6 Å². The van der Waals surface area contributed by atoms with Crippen LogP contribution in [0.1, 0.15) is 33.1 Å². The van der Waals surface area contributed by atoms with Gasteiger partial charge in [-0.25, -0.2) is 14.8 Å². The number of carbonyl (C=O) groups excluding carboxylic acids is 1. The molecule has 2 N–H and O–H groups in total. The van der Waals surface area contributed by atoms with Crippen molar-refractivity contribution in [2.45, 2.75) is 20.1 Å². The molecule has 2 aromatic carbocycles. The van der Waals surface area contributed by atoms with Gasteiger partial charge in [-0.3, -0.25) is 4.79 Å². The highest BCUT2D eigenvalue weighted by Gasteiger charge is 2.16. The number of rotatable bonds is 9. The molecule has 0 saturated carbocycles. The van der Waals surface area contributed by atoms with Gasteiger partial charge in [0.2, 0.25) is 5.91 Å². The first-order valence-corrected chi connectivity index (χ1v) is 13.3. The average molecular weight is 587 g/mol. The highest BCUT2D eigenvalue weighted by molar-refractivity contribution is 6.37. The van der Waals surface area contributed by atoms with Crippen LogP contribution in [0.3, 0.4) is 0 Å². The summed E-state index contributed by atoms with van der Waals surface area (Å²) in [5.41, 5.74) is 4.00. The largest absolute Gasteiger partial charge is 0.487 e. The van der Waals surface area contributed by atoms with Gasteiger partial charge in [-0.2, -0.15) is 0 Å². The Bertz CT molecular complexity index is 1800. The molecule has 206 valence electrons. The van der Waals surface area contributed by atoms with Crippen LogP contribution in [-0.4, -0.2) is 31.5 Å². The van der Waals surface area contributed by atoms with Crippen LogP contribution >= 0.6 is 23.2 Å².